The summed E-state index contributed by atoms with van der Waals surface area (Å²) in [5.74, 6) is 0.949. The molecular weight excluding hydrogens is 214 g/mol. The van der Waals surface area contributed by atoms with E-state index in [0.29, 0.717) is 0 Å². The maximum atomic E-state index is 11.1. The van der Waals surface area contributed by atoms with Crippen LogP contribution in [0.1, 0.15) is 46.0 Å². The lowest BCUT2D eigenvalue weighted by atomic mass is 9.82. The van der Waals surface area contributed by atoms with Crippen LogP contribution >= 0.6 is 0 Å². The highest BCUT2D eigenvalue weighted by Gasteiger charge is 2.36. The van der Waals surface area contributed by atoms with Gasteiger partial charge in [-0.05, 0) is 44.6 Å². The number of likely N-dealkylation sites (tertiary alicyclic amines) is 1. The van der Waals surface area contributed by atoms with Crippen LogP contribution < -0.4 is 0 Å². The van der Waals surface area contributed by atoms with Crippen LogP contribution in [-0.4, -0.2) is 35.1 Å². The van der Waals surface area contributed by atoms with Gasteiger partial charge in [0.15, 0.2) is 0 Å². The Labute approximate surface area is 104 Å². The maximum absolute atomic E-state index is 11.1. The van der Waals surface area contributed by atoms with Gasteiger partial charge < -0.3 is 5.11 Å². The Morgan fingerprint density at radius 1 is 1.18 bits per heavy atom. The molecule has 0 spiro atoms. The Hall–Kier alpha value is -0.570. The van der Waals surface area contributed by atoms with Crippen LogP contribution in [0.5, 0.6) is 0 Å². The van der Waals surface area contributed by atoms with E-state index in [9.17, 15) is 4.79 Å². The van der Waals surface area contributed by atoms with Crippen molar-refractivity contribution in [1.29, 1.82) is 0 Å². The highest BCUT2D eigenvalue weighted by atomic mass is 16.4. The third-order valence-electron chi connectivity index (χ3n) is 4.83. The lowest BCUT2D eigenvalue weighted by Crippen LogP contribution is -2.37. The lowest BCUT2D eigenvalue weighted by Gasteiger charge is -2.32. The fraction of sp³-hybridized carbons (Fsp3) is 0.929. The minimum absolute atomic E-state index is 0.141. The molecule has 1 heterocycles. The van der Waals surface area contributed by atoms with Gasteiger partial charge in [0.25, 0.3) is 0 Å². The van der Waals surface area contributed by atoms with Gasteiger partial charge >= 0.3 is 5.97 Å². The van der Waals surface area contributed by atoms with Crippen molar-refractivity contribution in [2.75, 3.05) is 13.1 Å². The first-order valence-electron chi connectivity index (χ1n) is 7.04. The highest BCUT2D eigenvalue weighted by molar-refractivity contribution is 5.71. The van der Waals surface area contributed by atoms with E-state index < -0.39 is 5.97 Å². The summed E-state index contributed by atoms with van der Waals surface area (Å²) in [6.07, 6.45) is 6.22. The molecule has 2 aliphatic rings. The van der Waals surface area contributed by atoms with Crippen LogP contribution in [0.3, 0.4) is 0 Å². The molecule has 0 aromatic rings. The second-order valence-electron chi connectivity index (χ2n) is 6.09. The quantitative estimate of drug-likeness (QED) is 0.823. The van der Waals surface area contributed by atoms with E-state index in [4.69, 9.17) is 5.11 Å². The highest BCUT2D eigenvalue weighted by Crippen LogP contribution is 2.32. The number of rotatable bonds is 3. The van der Waals surface area contributed by atoms with Gasteiger partial charge in [-0.3, -0.25) is 9.69 Å². The molecule has 0 bridgehead atoms. The predicted octanol–water partition coefficient (Wildman–Crippen LogP) is 2.61. The summed E-state index contributed by atoms with van der Waals surface area (Å²) >= 11 is 0. The van der Waals surface area contributed by atoms with Gasteiger partial charge in [0.2, 0.25) is 0 Å². The Kier molecular flexibility index (Phi) is 4.08. The summed E-state index contributed by atoms with van der Waals surface area (Å²) in [5.41, 5.74) is 0. The Bertz CT molecular complexity index is 271. The topological polar surface area (TPSA) is 40.5 Å². The normalized spacial score (nSPS) is 39.4. The number of carbonyl (C=O) groups is 1. The van der Waals surface area contributed by atoms with Crippen molar-refractivity contribution in [2.24, 2.45) is 17.8 Å². The largest absolute Gasteiger partial charge is 0.481 e. The van der Waals surface area contributed by atoms with Gasteiger partial charge in [-0.1, -0.05) is 19.8 Å². The van der Waals surface area contributed by atoms with Crippen molar-refractivity contribution < 1.29 is 9.90 Å². The van der Waals surface area contributed by atoms with Gasteiger partial charge in [-0.25, -0.2) is 0 Å². The maximum Gasteiger partial charge on any atom is 0.308 e. The standard InChI is InChI=1S/C14H25NO2/c1-10-3-5-12(6-4-10)9-15-8-7-13(11(15)2)14(16)17/h10-13H,3-9H2,1-2H3,(H,16,17). The minimum atomic E-state index is -0.614. The molecule has 98 valence electrons. The number of hydrogen-bond acceptors (Lipinski definition) is 2. The Morgan fingerprint density at radius 3 is 2.35 bits per heavy atom. The van der Waals surface area contributed by atoms with E-state index in [2.05, 4.69) is 18.7 Å². The summed E-state index contributed by atoms with van der Waals surface area (Å²) in [4.78, 5) is 13.5. The van der Waals surface area contributed by atoms with Crippen LogP contribution in [0.15, 0.2) is 0 Å². The summed E-state index contributed by atoms with van der Waals surface area (Å²) in [5, 5.41) is 9.12. The molecule has 2 rings (SSSR count). The van der Waals surface area contributed by atoms with E-state index >= 15 is 0 Å². The summed E-state index contributed by atoms with van der Waals surface area (Å²) in [6.45, 7) is 6.52. The van der Waals surface area contributed by atoms with Crippen molar-refractivity contribution in [3.05, 3.63) is 0 Å². The molecule has 0 amide bonds. The first kappa shape index (κ1) is 12.9. The van der Waals surface area contributed by atoms with Gasteiger partial charge in [0.1, 0.15) is 0 Å². The van der Waals surface area contributed by atoms with Crippen molar-refractivity contribution >= 4 is 5.97 Å². The number of aliphatic carboxylic acids is 1. The molecule has 2 fully saturated rings. The monoisotopic (exact) mass is 239 g/mol. The first-order valence-corrected chi connectivity index (χ1v) is 7.04. The molecule has 1 saturated carbocycles. The zero-order chi connectivity index (χ0) is 12.4. The van der Waals surface area contributed by atoms with Crippen molar-refractivity contribution in [3.8, 4) is 0 Å². The lowest BCUT2D eigenvalue weighted by molar-refractivity contribution is -0.142. The SMILES string of the molecule is CC1CCC(CN2CCC(C(=O)O)C2C)CC1. The Balaban J connectivity index is 1.82. The molecule has 3 heteroatoms. The van der Waals surface area contributed by atoms with Gasteiger partial charge in [-0.2, -0.15) is 0 Å². The number of carboxylic acid groups (broad SMARTS) is 1. The van der Waals surface area contributed by atoms with Crippen molar-refractivity contribution in [2.45, 2.75) is 52.0 Å². The number of carboxylic acids is 1. The molecule has 1 aliphatic heterocycles. The molecule has 0 aromatic heterocycles. The predicted molar refractivity (Wildman–Crippen MR) is 67.9 cm³/mol. The fourth-order valence-corrected chi connectivity index (χ4v) is 3.43. The molecular formula is C14H25NO2. The number of hydrogen-bond donors (Lipinski definition) is 1. The molecule has 1 N–H and O–H groups in total. The number of nitrogens with zero attached hydrogens (tertiary/aromatic N) is 1. The van der Waals surface area contributed by atoms with Gasteiger partial charge in [0.05, 0.1) is 5.92 Å². The van der Waals surface area contributed by atoms with Crippen LogP contribution in [-0.2, 0) is 4.79 Å². The third-order valence-corrected chi connectivity index (χ3v) is 4.83. The van der Waals surface area contributed by atoms with E-state index in [1.54, 1.807) is 0 Å². The summed E-state index contributed by atoms with van der Waals surface area (Å²) < 4.78 is 0. The molecule has 0 aromatic carbocycles. The average molecular weight is 239 g/mol. The molecule has 0 radical (unpaired) electrons. The molecule has 17 heavy (non-hydrogen) atoms. The van der Waals surface area contributed by atoms with Crippen LogP contribution in [0.25, 0.3) is 0 Å². The van der Waals surface area contributed by atoms with Crippen LogP contribution in [0.2, 0.25) is 0 Å². The second-order valence-corrected chi connectivity index (χ2v) is 6.09. The minimum Gasteiger partial charge on any atom is -0.481 e. The van der Waals surface area contributed by atoms with Crippen molar-refractivity contribution in [1.82, 2.24) is 4.90 Å². The van der Waals surface area contributed by atoms with Gasteiger partial charge in [0, 0.05) is 12.6 Å². The molecule has 2 unspecified atom stereocenters. The first-order chi connectivity index (χ1) is 8.08. The van der Waals surface area contributed by atoms with E-state index in [1.165, 1.54) is 25.7 Å². The smallest absolute Gasteiger partial charge is 0.308 e. The van der Waals surface area contributed by atoms with Crippen LogP contribution in [0, 0.1) is 17.8 Å². The van der Waals surface area contributed by atoms with Gasteiger partial charge in [-0.15, -0.1) is 0 Å². The van der Waals surface area contributed by atoms with E-state index in [0.717, 1.165) is 31.3 Å². The molecule has 1 aliphatic carbocycles. The zero-order valence-electron chi connectivity index (χ0n) is 11.1. The van der Waals surface area contributed by atoms with E-state index in [1.807, 2.05) is 0 Å². The van der Waals surface area contributed by atoms with Crippen molar-refractivity contribution in [3.63, 3.8) is 0 Å². The second kappa shape index (κ2) is 5.38. The zero-order valence-corrected chi connectivity index (χ0v) is 11.1. The Morgan fingerprint density at radius 2 is 1.82 bits per heavy atom. The summed E-state index contributed by atoms with van der Waals surface area (Å²) in [7, 11) is 0. The molecule has 1 saturated heterocycles. The molecule has 2 atom stereocenters. The van der Waals surface area contributed by atoms with Crippen LogP contribution in [0.4, 0.5) is 0 Å². The average Bonchev–Trinajstić information content (AvgIpc) is 2.64. The molecule has 3 nitrogen and oxygen atoms in total. The summed E-state index contributed by atoms with van der Waals surface area (Å²) in [6, 6.07) is 0.229. The fourth-order valence-electron chi connectivity index (χ4n) is 3.43. The third kappa shape index (κ3) is 3.01. The van der Waals surface area contributed by atoms with E-state index in [-0.39, 0.29) is 12.0 Å².